The Hall–Kier alpha value is -4.60. The lowest BCUT2D eigenvalue weighted by Gasteiger charge is -2.15. The molecule has 0 aliphatic heterocycles. The zero-order valence-corrected chi connectivity index (χ0v) is 18.7. The summed E-state index contributed by atoms with van der Waals surface area (Å²) in [5.74, 6) is -0.700. The molecule has 0 bridgehead atoms. The minimum absolute atomic E-state index is 0.0194. The molecule has 4 aromatic rings. The summed E-state index contributed by atoms with van der Waals surface area (Å²) in [7, 11) is 2.85. The predicted octanol–water partition coefficient (Wildman–Crippen LogP) is 3.22. The Balaban J connectivity index is 1.62. The van der Waals surface area contributed by atoms with Gasteiger partial charge in [-0.2, -0.15) is 0 Å². The van der Waals surface area contributed by atoms with Crippen molar-refractivity contribution in [2.45, 2.75) is 13.5 Å². The number of ether oxygens (including phenoxy) is 3. The molecule has 0 saturated carbocycles. The molecule has 10 nitrogen and oxygen atoms in total. The third-order valence-electron chi connectivity index (χ3n) is 4.96. The van der Waals surface area contributed by atoms with Gasteiger partial charge in [0.1, 0.15) is 12.3 Å². The van der Waals surface area contributed by atoms with Crippen molar-refractivity contribution in [2.75, 3.05) is 19.5 Å². The first kappa shape index (κ1) is 22.6. The van der Waals surface area contributed by atoms with Gasteiger partial charge in [0.2, 0.25) is 0 Å². The van der Waals surface area contributed by atoms with Gasteiger partial charge in [0.25, 0.3) is 11.5 Å². The summed E-state index contributed by atoms with van der Waals surface area (Å²) < 4.78 is 22.5. The minimum atomic E-state index is -0.762. The number of methoxy groups -OCH3 is 2. The molecule has 0 aliphatic rings. The van der Waals surface area contributed by atoms with E-state index in [1.165, 1.54) is 49.1 Å². The Morgan fingerprint density at radius 3 is 2.56 bits per heavy atom. The standard InChI is InChI=1S/C24H21N3O7/c1-14-6-7-27-21(9-14)25-15(10-22(27)28)13-34-24(30)16-11-19(31-2)20(32-3)12-17(16)26-23(29)18-5-4-8-33-18/h4-12H,13H2,1-3H3,(H,26,29). The molecule has 34 heavy (non-hydrogen) atoms. The first-order valence-electron chi connectivity index (χ1n) is 10.2. The van der Waals surface area contributed by atoms with Gasteiger partial charge in [-0.05, 0) is 36.8 Å². The van der Waals surface area contributed by atoms with Gasteiger partial charge in [-0.3, -0.25) is 14.0 Å². The maximum Gasteiger partial charge on any atom is 0.340 e. The highest BCUT2D eigenvalue weighted by Gasteiger charge is 2.21. The van der Waals surface area contributed by atoms with Crippen LogP contribution in [-0.2, 0) is 11.3 Å². The van der Waals surface area contributed by atoms with Gasteiger partial charge in [-0.25, -0.2) is 9.78 Å². The normalized spacial score (nSPS) is 10.7. The summed E-state index contributed by atoms with van der Waals surface area (Å²) in [6, 6.07) is 10.7. The van der Waals surface area contributed by atoms with Gasteiger partial charge in [-0.1, -0.05) is 0 Å². The fourth-order valence-electron chi connectivity index (χ4n) is 3.29. The van der Waals surface area contributed by atoms with Crippen molar-refractivity contribution < 1.29 is 28.2 Å². The molecule has 1 aromatic carbocycles. The molecule has 0 spiro atoms. The van der Waals surface area contributed by atoms with E-state index in [1.807, 2.05) is 6.92 Å². The number of pyridine rings is 1. The van der Waals surface area contributed by atoms with Gasteiger partial charge in [0.15, 0.2) is 17.3 Å². The first-order valence-corrected chi connectivity index (χ1v) is 10.2. The lowest BCUT2D eigenvalue weighted by molar-refractivity contribution is 0.0468. The number of hydrogen-bond acceptors (Lipinski definition) is 8. The summed E-state index contributed by atoms with van der Waals surface area (Å²) in [5, 5.41) is 2.62. The van der Waals surface area contributed by atoms with E-state index in [4.69, 9.17) is 18.6 Å². The van der Waals surface area contributed by atoms with Crippen molar-refractivity contribution in [3.63, 3.8) is 0 Å². The van der Waals surface area contributed by atoms with E-state index in [9.17, 15) is 14.4 Å². The van der Waals surface area contributed by atoms with E-state index in [0.717, 1.165) is 5.56 Å². The molecule has 174 valence electrons. The molecule has 0 saturated heterocycles. The van der Waals surface area contributed by atoms with Gasteiger partial charge in [-0.15, -0.1) is 0 Å². The Morgan fingerprint density at radius 2 is 1.85 bits per heavy atom. The van der Waals surface area contributed by atoms with E-state index < -0.39 is 11.9 Å². The van der Waals surface area contributed by atoms with Crippen LogP contribution in [0.1, 0.15) is 32.2 Å². The zero-order chi connectivity index (χ0) is 24.2. The zero-order valence-electron chi connectivity index (χ0n) is 18.7. The van der Waals surface area contributed by atoms with Crippen LogP contribution in [-0.4, -0.2) is 35.5 Å². The number of rotatable bonds is 7. The molecule has 0 radical (unpaired) electrons. The quantitative estimate of drug-likeness (QED) is 0.415. The number of esters is 1. The second kappa shape index (κ2) is 9.49. The molecular weight excluding hydrogens is 442 g/mol. The molecule has 3 heterocycles. The molecule has 4 rings (SSSR count). The third kappa shape index (κ3) is 4.60. The summed E-state index contributed by atoms with van der Waals surface area (Å²) in [6.45, 7) is 1.63. The molecule has 0 atom stereocenters. The van der Waals surface area contributed by atoms with Crippen molar-refractivity contribution in [2.24, 2.45) is 0 Å². The first-order chi connectivity index (χ1) is 16.4. The lowest BCUT2D eigenvalue weighted by Crippen LogP contribution is -2.18. The number of carbonyl (C=O) groups is 2. The van der Waals surface area contributed by atoms with Crippen LogP contribution < -0.4 is 20.3 Å². The Kier molecular flexibility index (Phi) is 6.30. The van der Waals surface area contributed by atoms with Crippen LogP contribution in [0.2, 0.25) is 0 Å². The van der Waals surface area contributed by atoms with Gasteiger partial charge < -0.3 is 23.9 Å². The number of hydrogen-bond donors (Lipinski definition) is 1. The van der Waals surface area contributed by atoms with Crippen molar-refractivity contribution in [1.82, 2.24) is 9.38 Å². The van der Waals surface area contributed by atoms with E-state index in [1.54, 1.807) is 24.4 Å². The maximum atomic E-state index is 13.0. The number of amides is 1. The second-order valence-corrected chi connectivity index (χ2v) is 7.28. The highest BCUT2D eigenvalue weighted by Crippen LogP contribution is 2.34. The molecule has 0 aliphatic carbocycles. The molecule has 3 aromatic heterocycles. The third-order valence-corrected chi connectivity index (χ3v) is 4.96. The van der Waals surface area contributed by atoms with Crippen molar-refractivity contribution >= 4 is 23.2 Å². The van der Waals surface area contributed by atoms with Crippen LogP contribution in [0.3, 0.4) is 0 Å². The van der Waals surface area contributed by atoms with E-state index in [2.05, 4.69) is 10.3 Å². The number of aryl methyl sites for hydroxylation is 1. The highest BCUT2D eigenvalue weighted by atomic mass is 16.5. The Morgan fingerprint density at radius 1 is 1.09 bits per heavy atom. The largest absolute Gasteiger partial charge is 0.493 e. The molecule has 10 heteroatoms. The van der Waals surface area contributed by atoms with Crippen LogP contribution in [0.4, 0.5) is 5.69 Å². The average molecular weight is 463 g/mol. The molecule has 1 N–H and O–H groups in total. The highest BCUT2D eigenvalue weighted by molar-refractivity contribution is 6.07. The van der Waals surface area contributed by atoms with Crippen molar-refractivity contribution in [3.05, 3.63) is 87.9 Å². The van der Waals surface area contributed by atoms with E-state index in [0.29, 0.717) is 11.4 Å². The second-order valence-electron chi connectivity index (χ2n) is 7.28. The Labute approximate surface area is 193 Å². The number of furan rings is 1. The van der Waals surface area contributed by atoms with Crippen molar-refractivity contribution in [3.8, 4) is 11.5 Å². The lowest BCUT2D eigenvalue weighted by atomic mass is 10.1. The monoisotopic (exact) mass is 463 g/mol. The maximum absolute atomic E-state index is 13.0. The average Bonchev–Trinajstić information content (AvgIpc) is 3.37. The number of nitrogens with one attached hydrogen (secondary N) is 1. The van der Waals surface area contributed by atoms with Crippen molar-refractivity contribution in [1.29, 1.82) is 0 Å². The number of benzene rings is 1. The SMILES string of the molecule is COc1cc(NC(=O)c2ccco2)c(C(=O)OCc2cc(=O)n3ccc(C)cc3n2)cc1OC. The van der Waals surface area contributed by atoms with Crippen LogP contribution in [0, 0.1) is 6.92 Å². The van der Waals surface area contributed by atoms with E-state index >= 15 is 0 Å². The summed E-state index contributed by atoms with van der Waals surface area (Å²) in [4.78, 5) is 42.2. The summed E-state index contributed by atoms with van der Waals surface area (Å²) in [6.07, 6.45) is 2.99. The molecule has 0 fully saturated rings. The van der Waals surface area contributed by atoms with Gasteiger partial charge in [0, 0.05) is 24.4 Å². The fraction of sp³-hybridized carbons (Fsp3) is 0.167. The van der Waals surface area contributed by atoms with Crippen LogP contribution >= 0.6 is 0 Å². The smallest absolute Gasteiger partial charge is 0.340 e. The van der Waals surface area contributed by atoms with Crippen LogP contribution in [0.5, 0.6) is 11.5 Å². The van der Waals surface area contributed by atoms with E-state index in [-0.39, 0.29) is 40.6 Å². The number of aromatic nitrogens is 2. The van der Waals surface area contributed by atoms with Crippen LogP contribution in [0.25, 0.3) is 5.65 Å². The molecular formula is C24H21N3O7. The number of anilines is 1. The Bertz CT molecular complexity index is 1420. The number of nitrogens with zero attached hydrogens (tertiary/aromatic N) is 2. The van der Waals surface area contributed by atoms with Gasteiger partial charge >= 0.3 is 5.97 Å². The topological polar surface area (TPSA) is 121 Å². The fourth-order valence-corrected chi connectivity index (χ4v) is 3.29. The van der Waals surface area contributed by atoms with Gasteiger partial charge in [0.05, 0.1) is 37.4 Å². The molecule has 1 amide bonds. The predicted molar refractivity (Wildman–Crippen MR) is 122 cm³/mol. The number of fused-ring (bicyclic) bond motifs is 1. The number of carbonyl (C=O) groups excluding carboxylic acids is 2. The summed E-state index contributed by atoms with van der Waals surface area (Å²) in [5.41, 5.74) is 1.51. The molecule has 0 unspecified atom stereocenters. The minimum Gasteiger partial charge on any atom is -0.493 e. The summed E-state index contributed by atoms with van der Waals surface area (Å²) >= 11 is 0. The van der Waals surface area contributed by atoms with Crippen LogP contribution in [0.15, 0.2) is 64.1 Å².